The van der Waals surface area contributed by atoms with Gasteiger partial charge in [-0.05, 0) is 54.7 Å². The van der Waals surface area contributed by atoms with E-state index in [-0.39, 0.29) is 0 Å². The van der Waals surface area contributed by atoms with Crippen molar-refractivity contribution in [3.8, 4) is 5.75 Å². The predicted molar refractivity (Wildman–Crippen MR) is 87.0 cm³/mol. The van der Waals surface area contributed by atoms with Crippen LogP contribution in [0.5, 0.6) is 5.75 Å². The molecule has 106 valence electrons. The fourth-order valence-corrected chi connectivity index (χ4v) is 2.63. The van der Waals surface area contributed by atoms with Crippen LogP contribution < -0.4 is 10.5 Å². The first-order valence-corrected chi connectivity index (χ1v) is 7.49. The summed E-state index contributed by atoms with van der Waals surface area (Å²) < 4.78 is 7.16. The molecule has 0 saturated heterocycles. The van der Waals surface area contributed by atoms with Crippen molar-refractivity contribution in [2.24, 2.45) is 5.73 Å². The van der Waals surface area contributed by atoms with E-state index in [0.29, 0.717) is 13.2 Å². The number of benzene rings is 2. The topological polar surface area (TPSA) is 35.2 Å². The van der Waals surface area contributed by atoms with Gasteiger partial charge in [0.1, 0.15) is 12.4 Å². The minimum atomic E-state index is 0.539. The lowest BCUT2D eigenvalue weighted by atomic mass is 10.1. The Hall–Kier alpha value is -1.32. The molecule has 0 saturated carbocycles. The Kier molecular flexibility index (Phi) is 4.84. The Labute approximate surface area is 129 Å². The zero-order chi connectivity index (χ0) is 14.7. The summed E-state index contributed by atoms with van der Waals surface area (Å²) in [6.45, 7) is 7.36. The molecule has 2 nitrogen and oxygen atoms in total. The van der Waals surface area contributed by atoms with Gasteiger partial charge in [0.15, 0.2) is 0 Å². The van der Waals surface area contributed by atoms with Crippen LogP contribution in [-0.4, -0.2) is 0 Å². The summed E-state index contributed by atoms with van der Waals surface area (Å²) in [5.41, 5.74) is 11.6. The van der Waals surface area contributed by atoms with Gasteiger partial charge in [0.2, 0.25) is 0 Å². The lowest BCUT2D eigenvalue weighted by molar-refractivity contribution is 0.302. The van der Waals surface area contributed by atoms with E-state index in [4.69, 9.17) is 10.5 Å². The SMILES string of the molecule is Cc1cc(OCc2ccccc2CN)c(C)c(C)c1Br. The van der Waals surface area contributed by atoms with Gasteiger partial charge in [-0.15, -0.1) is 0 Å². The highest BCUT2D eigenvalue weighted by Crippen LogP contribution is 2.31. The number of nitrogens with two attached hydrogens (primary N) is 1. The highest BCUT2D eigenvalue weighted by atomic mass is 79.9. The number of ether oxygens (including phenoxy) is 1. The molecular formula is C17H20BrNO. The molecule has 0 aromatic heterocycles. The molecule has 0 heterocycles. The Morgan fingerprint density at radius 3 is 2.35 bits per heavy atom. The number of rotatable bonds is 4. The van der Waals surface area contributed by atoms with Gasteiger partial charge in [-0.25, -0.2) is 0 Å². The van der Waals surface area contributed by atoms with Crippen molar-refractivity contribution in [2.75, 3.05) is 0 Å². The molecule has 0 atom stereocenters. The second kappa shape index (κ2) is 6.42. The van der Waals surface area contributed by atoms with E-state index in [1.807, 2.05) is 18.2 Å². The molecule has 2 N–H and O–H groups in total. The summed E-state index contributed by atoms with van der Waals surface area (Å²) in [5.74, 6) is 0.940. The van der Waals surface area contributed by atoms with Crippen LogP contribution in [0.15, 0.2) is 34.8 Å². The molecule has 0 unspecified atom stereocenters. The normalized spacial score (nSPS) is 10.7. The van der Waals surface area contributed by atoms with Crippen LogP contribution >= 0.6 is 15.9 Å². The smallest absolute Gasteiger partial charge is 0.123 e. The van der Waals surface area contributed by atoms with Crippen molar-refractivity contribution in [3.63, 3.8) is 0 Å². The van der Waals surface area contributed by atoms with E-state index >= 15 is 0 Å². The molecule has 0 spiro atoms. The zero-order valence-corrected chi connectivity index (χ0v) is 13.8. The maximum Gasteiger partial charge on any atom is 0.123 e. The van der Waals surface area contributed by atoms with Gasteiger partial charge in [0.25, 0.3) is 0 Å². The number of hydrogen-bond donors (Lipinski definition) is 1. The van der Waals surface area contributed by atoms with Crippen molar-refractivity contribution < 1.29 is 4.74 Å². The van der Waals surface area contributed by atoms with Gasteiger partial charge < -0.3 is 10.5 Å². The van der Waals surface area contributed by atoms with E-state index < -0.39 is 0 Å². The molecule has 0 aliphatic heterocycles. The third-order valence-electron chi connectivity index (χ3n) is 3.68. The third-order valence-corrected chi connectivity index (χ3v) is 4.90. The fourth-order valence-electron chi connectivity index (χ4n) is 2.22. The molecule has 20 heavy (non-hydrogen) atoms. The highest BCUT2D eigenvalue weighted by molar-refractivity contribution is 9.10. The molecular weight excluding hydrogens is 314 g/mol. The van der Waals surface area contributed by atoms with E-state index in [9.17, 15) is 0 Å². The van der Waals surface area contributed by atoms with Crippen LogP contribution in [-0.2, 0) is 13.2 Å². The second-order valence-electron chi connectivity index (χ2n) is 5.02. The molecule has 0 fully saturated rings. The summed E-state index contributed by atoms with van der Waals surface area (Å²) >= 11 is 3.61. The van der Waals surface area contributed by atoms with Crippen LogP contribution in [0.4, 0.5) is 0 Å². The Morgan fingerprint density at radius 1 is 1.05 bits per heavy atom. The first-order chi connectivity index (χ1) is 9.54. The Balaban J connectivity index is 2.23. The van der Waals surface area contributed by atoms with Crippen LogP contribution in [0, 0.1) is 20.8 Å². The van der Waals surface area contributed by atoms with Gasteiger partial charge in [0.05, 0.1) is 0 Å². The number of halogens is 1. The van der Waals surface area contributed by atoms with E-state index in [2.05, 4.69) is 48.8 Å². The standard InChI is InChI=1S/C17H20BrNO/c1-11-8-16(12(2)13(3)17(11)18)20-10-15-7-5-4-6-14(15)9-19/h4-8H,9-10,19H2,1-3H3. The highest BCUT2D eigenvalue weighted by Gasteiger charge is 2.10. The van der Waals surface area contributed by atoms with Crippen molar-refractivity contribution in [2.45, 2.75) is 33.9 Å². The lowest BCUT2D eigenvalue weighted by Crippen LogP contribution is -2.05. The second-order valence-corrected chi connectivity index (χ2v) is 5.81. The minimum Gasteiger partial charge on any atom is -0.489 e. The molecule has 0 bridgehead atoms. The molecule has 2 aromatic rings. The molecule has 3 heteroatoms. The van der Waals surface area contributed by atoms with E-state index in [1.165, 1.54) is 16.7 Å². The van der Waals surface area contributed by atoms with Crippen LogP contribution in [0.1, 0.15) is 27.8 Å². The number of hydrogen-bond acceptors (Lipinski definition) is 2. The monoisotopic (exact) mass is 333 g/mol. The minimum absolute atomic E-state index is 0.539. The molecule has 0 amide bonds. The number of aryl methyl sites for hydroxylation is 1. The van der Waals surface area contributed by atoms with Crippen LogP contribution in [0.2, 0.25) is 0 Å². The summed E-state index contributed by atoms with van der Waals surface area (Å²) in [4.78, 5) is 0. The molecule has 2 aromatic carbocycles. The Bertz CT molecular complexity index is 623. The fraction of sp³-hybridized carbons (Fsp3) is 0.294. The van der Waals surface area contributed by atoms with Gasteiger partial charge in [0, 0.05) is 11.0 Å². The largest absolute Gasteiger partial charge is 0.489 e. The summed E-state index contributed by atoms with van der Waals surface area (Å²) in [6, 6.07) is 10.2. The average Bonchev–Trinajstić information content (AvgIpc) is 2.47. The van der Waals surface area contributed by atoms with Crippen LogP contribution in [0.3, 0.4) is 0 Å². The van der Waals surface area contributed by atoms with E-state index in [0.717, 1.165) is 21.3 Å². The average molecular weight is 334 g/mol. The van der Waals surface area contributed by atoms with Gasteiger partial charge in [-0.1, -0.05) is 40.2 Å². The van der Waals surface area contributed by atoms with Gasteiger partial charge in [-0.3, -0.25) is 0 Å². The molecule has 2 rings (SSSR count). The molecule has 0 aliphatic rings. The van der Waals surface area contributed by atoms with E-state index in [1.54, 1.807) is 0 Å². The van der Waals surface area contributed by atoms with Gasteiger partial charge >= 0.3 is 0 Å². The summed E-state index contributed by atoms with van der Waals surface area (Å²) in [7, 11) is 0. The molecule has 0 radical (unpaired) electrons. The predicted octanol–water partition coefficient (Wildman–Crippen LogP) is 4.41. The summed E-state index contributed by atoms with van der Waals surface area (Å²) in [5, 5.41) is 0. The molecule has 0 aliphatic carbocycles. The van der Waals surface area contributed by atoms with Crippen molar-refractivity contribution in [1.29, 1.82) is 0 Å². The van der Waals surface area contributed by atoms with Crippen LogP contribution in [0.25, 0.3) is 0 Å². The quantitative estimate of drug-likeness (QED) is 0.899. The lowest BCUT2D eigenvalue weighted by Gasteiger charge is -2.15. The van der Waals surface area contributed by atoms with Crippen molar-refractivity contribution in [3.05, 3.63) is 62.6 Å². The van der Waals surface area contributed by atoms with Crippen molar-refractivity contribution >= 4 is 15.9 Å². The first kappa shape index (κ1) is 15.1. The van der Waals surface area contributed by atoms with Gasteiger partial charge in [-0.2, -0.15) is 0 Å². The van der Waals surface area contributed by atoms with Crippen molar-refractivity contribution in [1.82, 2.24) is 0 Å². The maximum atomic E-state index is 6.01. The summed E-state index contributed by atoms with van der Waals surface area (Å²) in [6.07, 6.45) is 0. The Morgan fingerprint density at radius 2 is 1.70 bits per heavy atom. The maximum absolute atomic E-state index is 6.01. The first-order valence-electron chi connectivity index (χ1n) is 6.70. The third kappa shape index (κ3) is 3.05. The zero-order valence-electron chi connectivity index (χ0n) is 12.2.